The molecular weight excluding hydrogens is 475 g/mol. The Morgan fingerprint density at radius 2 is 1.81 bits per heavy atom. The van der Waals surface area contributed by atoms with Crippen LogP contribution in [0.2, 0.25) is 0 Å². The number of ether oxygens (including phenoxy) is 1. The van der Waals surface area contributed by atoms with Crippen LogP contribution in [0.4, 0.5) is 15.8 Å². The molecule has 196 valence electrons. The van der Waals surface area contributed by atoms with E-state index in [4.69, 9.17) is 4.74 Å². The van der Waals surface area contributed by atoms with E-state index >= 15 is 0 Å². The molecule has 3 heterocycles. The molecule has 4 rings (SSSR count). The molecule has 2 N–H and O–H groups in total. The number of anilines is 2. The molecule has 9 nitrogen and oxygen atoms in total. The highest BCUT2D eigenvalue weighted by molar-refractivity contribution is 6.05. The Morgan fingerprint density at radius 1 is 1.08 bits per heavy atom. The lowest BCUT2D eigenvalue weighted by atomic mass is 9.97. The molecule has 0 atom stereocenters. The summed E-state index contributed by atoms with van der Waals surface area (Å²) in [5.74, 6) is -1.18. The summed E-state index contributed by atoms with van der Waals surface area (Å²) in [5, 5.41) is 10.1. The van der Waals surface area contributed by atoms with Gasteiger partial charge in [-0.3, -0.25) is 19.3 Å². The molecule has 2 aromatic heterocycles. The van der Waals surface area contributed by atoms with E-state index in [2.05, 4.69) is 20.7 Å². The number of halogens is 1. The second kappa shape index (κ2) is 10.7. The molecule has 1 fully saturated rings. The van der Waals surface area contributed by atoms with E-state index in [-0.39, 0.29) is 16.9 Å². The Balaban J connectivity index is 1.54. The molecule has 10 heteroatoms. The molecule has 0 spiro atoms. The second-order valence-corrected chi connectivity index (χ2v) is 10.4. The predicted octanol–water partition coefficient (Wildman–Crippen LogP) is 3.79. The molecule has 1 aromatic carbocycles. The fraction of sp³-hybridized carbons (Fsp3) is 0.407. The fourth-order valence-electron chi connectivity index (χ4n) is 4.04. The number of nitrogens with one attached hydrogen (secondary N) is 2. The number of aryl methyl sites for hydroxylation is 2. The average molecular weight is 509 g/mol. The number of nitrogens with zero attached hydrogens (tertiary/aromatic N) is 4. The zero-order valence-electron chi connectivity index (χ0n) is 21.9. The van der Waals surface area contributed by atoms with Gasteiger partial charge in [0.1, 0.15) is 5.82 Å². The van der Waals surface area contributed by atoms with Crippen molar-refractivity contribution in [2.75, 3.05) is 43.1 Å². The largest absolute Gasteiger partial charge is 0.378 e. The zero-order valence-corrected chi connectivity index (χ0v) is 21.9. The van der Waals surface area contributed by atoms with Crippen molar-refractivity contribution in [3.63, 3.8) is 0 Å². The highest BCUT2D eigenvalue weighted by atomic mass is 19.1. The van der Waals surface area contributed by atoms with Gasteiger partial charge in [-0.2, -0.15) is 5.10 Å². The molecule has 1 saturated heterocycles. The number of rotatable bonds is 6. The van der Waals surface area contributed by atoms with Gasteiger partial charge >= 0.3 is 0 Å². The van der Waals surface area contributed by atoms with Crippen LogP contribution in [0.25, 0.3) is 11.3 Å². The highest BCUT2D eigenvalue weighted by Crippen LogP contribution is 2.27. The Labute approximate surface area is 216 Å². The van der Waals surface area contributed by atoms with Gasteiger partial charge in [0, 0.05) is 49.2 Å². The van der Waals surface area contributed by atoms with Crippen LogP contribution in [0, 0.1) is 18.2 Å². The number of aromatic nitrogens is 3. The summed E-state index contributed by atoms with van der Waals surface area (Å²) in [6, 6.07) is 7.79. The molecule has 0 bridgehead atoms. The van der Waals surface area contributed by atoms with Crippen LogP contribution in [0.1, 0.15) is 47.3 Å². The van der Waals surface area contributed by atoms with Crippen LogP contribution < -0.4 is 15.5 Å². The molecule has 1 aliphatic heterocycles. The van der Waals surface area contributed by atoms with Crippen molar-refractivity contribution >= 4 is 23.2 Å². The summed E-state index contributed by atoms with van der Waals surface area (Å²) in [6.45, 7) is 10.9. The minimum Gasteiger partial charge on any atom is -0.378 e. The van der Waals surface area contributed by atoms with Crippen molar-refractivity contribution < 1.29 is 18.7 Å². The van der Waals surface area contributed by atoms with Crippen LogP contribution in [0.15, 0.2) is 36.5 Å². The Morgan fingerprint density at radius 3 is 2.51 bits per heavy atom. The Hall–Kier alpha value is -3.79. The number of carbonyl (C=O) groups is 2. The molecule has 0 aliphatic carbocycles. The van der Waals surface area contributed by atoms with Gasteiger partial charge in [0.15, 0.2) is 5.69 Å². The Bertz CT molecular complexity index is 1310. The number of hydrogen-bond acceptors (Lipinski definition) is 6. The molecule has 0 saturated carbocycles. The normalized spacial score (nSPS) is 13.9. The number of amides is 2. The third kappa shape index (κ3) is 6.51. The first kappa shape index (κ1) is 26.3. The molecular formula is C27H33FN6O3. The molecule has 1 aliphatic rings. The lowest BCUT2D eigenvalue weighted by Crippen LogP contribution is -2.36. The van der Waals surface area contributed by atoms with E-state index < -0.39 is 11.7 Å². The zero-order chi connectivity index (χ0) is 26.7. The standard InChI is InChI=1S/C27H33FN6O3/c1-17-22(24-14-23(32-33(24)5)26(36)30-16-27(2,3)4)13-20(15-29-17)31-25(35)18-10-19(28)12-21(11-18)34-6-8-37-9-7-34/h10-15H,6-9,16H2,1-5H3,(H,30,36)(H,31,35). The van der Waals surface area contributed by atoms with Crippen molar-refractivity contribution in [2.45, 2.75) is 27.7 Å². The first-order valence-electron chi connectivity index (χ1n) is 12.2. The Kier molecular flexibility index (Phi) is 7.58. The van der Waals surface area contributed by atoms with Gasteiger partial charge < -0.3 is 20.3 Å². The monoisotopic (exact) mass is 508 g/mol. The lowest BCUT2D eigenvalue weighted by molar-refractivity contribution is 0.0933. The summed E-state index contributed by atoms with van der Waals surface area (Å²) in [5.41, 5.74) is 3.66. The van der Waals surface area contributed by atoms with Gasteiger partial charge in [0.25, 0.3) is 11.8 Å². The number of hydrogen-bond donors (Lipinski definition) is 2. The van der Waals surface area contributed by atoms with Crippen molar-refractivity contribution in [3.8, 4) is 11.3 Å². The van der Waals surface area contributed by atoms with Gasteiger partial charge in [-0.15, -0.1) is 0 Å². The maximum Gasteiger partial charge on any atom is 0.271 e. The van der Waals surface area contributed by atoms with Crippen molar-refractivity contribution in [3.05, 3.63) is 59.3 Å². The lowest BCUT2D eigenvalue weighted by Gasteiger charge is -2.29. The van der Waals surface area contributed by atoms with Crippen LogP contribution in [-0.4, -0.2) is 59.4 Å². The SMILES string of the molecule is Cc1ncc(NC(=O)c2cc(F)cc(N3CCOCC3)c2)cc1-c1cc(C(=O)NCC(C)(C)C)nn1C. The minimum absolute atomic E-state index is 0.0507. The third-order valence-electron chi connectivity index (χ3n) is 6.03. The number of carbonyl (C=O) groups excluding carboxylic acids is 2. The van der Waals surface area contributed by atoms with Gasteiger partial charge in [-0.05, 0) is 42.7 Å². The smallest absolute Gasteiger partial charge is 0.271 e. The maximum atomic E-state index is 14.4. The van der Waals surface area contributed by atoms with Crippen LogP contribution in [-0.2, 0) is 11.8 Å². The van der Waals surface area contributed by atoms with E-state index in [1.165, 1.54) is 12.1 Å². The predicted molar refractivity (Wildman–Crippen MR) is 140 cm³/mol. The quantitative estimate of drug-likeness (QED) is 0.525. The van der Waals surface area contributed by atoms with E-state index in [1.54, 1.807) is 36.1 Å². The van der Waals surface area contributed by atoms with Crippen LogP contribution in [0.5, 0.6) is 0 Å². The van der Waals surface area contributed by atoms with Gasteiger partial charge in [0.2, 0.25) is 0 Å². The van der Waals surface area contributed by atoms with Gasteiger partial charge in [-0.25, -0.2) is 4.39 Å². The molecule has 3 aromatic rings. The van der Waals surface area contributed by atoms with E-state index in [1.807, 2.05) is 32.6 Å². The maximum absolute atomic E-state index is 14.4. The summed E-state index contributed by atoms with van der Waals surface area (Å²) in [7, 11) is 1.75. The van der Waals surface area contributed by atoms with Crippen molar-refractivity contribution in [2.24, 2.45) is 12.5 Å². The van der Waals surface area contributed by atoms with Crippen molar-refractivity contribution in [1.29, 1.82) is 0 Å². The highest BCUT2D eigenvalue weighted by Gasteiger charge is 2.20. The van der Waals surface area contributed by atoms with Crippen molar-refractivity contribution in [1.82, 2.24) is 20.1 Å². The first-order valence-corrected chi connectivity index (χ1v) is 12.2. The summed E-state index contributed by atoms with van der Waals surface area (Å²) >= 11 is 0. The van der Waals surface area contributed by atoms with Crippen LogP contribution in [0.3, 0.4) is 0 Å². The van der Waals surface area contributed by atoms with Gasteiger partial charge in [-0.1, -0.05) is 20.8 Å². The van der Waals surface area contributed by atoms with E-state index in [0.717, 1.165) is 5.56 Å². The number of pyridine rings is 1. The molecule has 0 unspecified atom stereocenters. The van der Waals surface area contributed by atoms with E-state index in [0.29, 0.717) is 61.3 Å². The molecule has 2 amide bonds. The van der Waals surface area contributed by atoms with E-state index in [9.17, 15) is 14.0 Å². The number of morpholine rings is 1. The number of benzene rings is 1. The molecule has 0 radical (unpaired) electrons. The summed E-state index contributed by atoms with van der Waals surface area (Å²) in [6.07, 6.45) is 1.55. The first-order chi connectivity index (χ1) is 17.5. The van der Waals surface area contributed by atoms with Crippen LogP contribution >= 0.6 is 0 Å². The topological polar surface area (TPSA) is 101 Å². The molecule has 37 heavy (non-hydrogen) atoms. The minimum atomic E-state index is -0.482. The van der Waals surface area contributed by atoms with Gasteiger partial charge in [0.05, 0.1) is 30.8 Å². The average Bonchev–Trinajstić information content (AvgIpc) is 3.24. The fourth-order valence-corrected chi connectivity index (χ4v) is 4.04. The summed E-state index contributed by atoms with van der Waals surface area (Å²) < 4.78 is 21.3. The summed E-state index contributed by atoms with van der Waals surface area (Å²) in [4.78, 5) is 32.1. The third-order valence-corrected chi connectivity index (χ3v) is 6.03. The second-order valence-electron chi connectivity index (χ2n) is 10.4.